The Morgan fingerprint density at radius 3 is 2.19 bits per heavy atom. The minimum atomic E-state index is -4.86. The summed E-state index contributed by atoms with van der Waals surface area (Å²) in [6, 6.07) is 3.27. The van der Waals surface area contributed by atoms with Crippen molar-refractivity contribution >= 4 is 17.5 Å². The summed E-state index contributed by atoms with van der Waals surface area (Å²) in [6.45, 7) is 5.72. The Hall–Kier alpha value is -2.52. The van der Waals surface area contributed by atoms with Crippen molar-refractivity contribution in [3.63, 3.8) is 0 Å². The molecule has 1 saturated heterocycles. The van der Waals surface area contributed by atoms with E-state index in [1.54, 1.807) is 20.8 Å². The Labute approximate surface area is 148 Å². The van der Waals surface area contributed by atoms with Crippen LogP contribution in [0.3, 0.4) is 0 Å². The molecule has 1 aromatic rings. The van der Waals surface area contributed by atoms with Crippen molar-refractivity contribution in [2.45, 2.75) is 32.5 Å². The van der Waals surface area contributed by atoms with Gasteiger partial charge in [-0.1, -0.05) is 6.07 Å². The molecule has 0 N–H and O–H groups in total. The molecule has 0 atom stereocenters. The molecule has 1 heterocycles. The molecular weight excluding hydrogens is 355 g/mol. The molecule has 1 aliphatic rings. The van der Waals surface area contributed by atoms with Crippen LogP contribution in [0.4, 0.5) is 29.3 Å². The molecule has 0 unspecified atom stereocenters. The van der Waals surface area contributed by atoms with Gasteiger partial charge in [0.05, 0.1) is 10.6 Å². The summed E-state index contributed by atoms with van der Waals surface area (Å²) in [5, 5.41) is 11.0. The third-order valence-corrected chi connectivity index (χ3v) is 3.77. The monoisotopic (exact) mass is 375 g/mol. The standard InChI is InChI=1S/C16H20F3N3O4/c1-15(2,3)26-14(23)21-9-7-20(8-10-21)11-5-4-6-12(22(24)25)13(11)16(17,18)19/h4-6H,7-10H2,1-3H3. The second-order valence-corrected chi connectivity index (χ2v) is 6.88. The van der Waals surface area contributed by atoms with Crippen LogP contribution in [0.2, 0.25) is 0 Å². The van der Waals surface area contributed by atoms with Gasteiger partial charge in [-0.15, -0.1) is 0 Å². The maximum atomic E-state index is 13.4. The van der Waals surface area contributed by atoms with Crippen LogP contribution in [0.5, 0.6) is 0 Å². The zero-order chi connectivity index (χ0) is 19.7. The van der Waals surface area contributed by atoms with Crippen molar-refractivity contribution in [1.29, 1.82) is 0 Å². The number of nitro benzene ring substituents is 1. The number of ether oxygens (including phenoxy) is 1. The fourth-order valence-electron chi connectivity index (χ4n) is 2.69. The zero-order valence-electron chi connectivity index (χ0n) is 14.7. The SMILES string of the molecule is CC(C)(C)OC(=O)N1CCN(c2cccc([N+](=O)[O-])c2C(F)(F)F)CC1. The number of amides is 1. The van der Waals surface area contributed by atoms with Gasteiger partial charge in [0, 0.05) is 32.2 Å². The van der Waals surface area contributed by atoms with Crippen LogP contribution in [0.25, 0.3) is 0 Å². The van der Waals surface area contributed by atoms with E-state index in [4.69, 9.17) is 4.74 Å². The number of anilines is 1. The van der Waals surface area contributed by atoms with E-state index in [0.717, 1.165) is 6.07 Å². The first kappa shape index (κ1) is 19.8. The number of piperazine rings is 1. The number of hydrogen-bond acceptors (Lipinski definition) is 5. The molecule has 1 aromatic carbocycles. The lowest BCUT2D eigenvalue weighted by Crippen LogP contribution is -2.50. The van der Waals surface area contributed by atoms with Gasteiger partial charge in [0.1, 0.15) is 5.60 Å². The number of rotatable bonds is 2. The second-order valence-electron chi connectivity index (χ2n) is 6.88. The molecule has 1 aliphatic heterocycles. The van der Waals surface area contributed by atoms with Gasteiger partial charge in [-0.25, -0.2) is 4.79 Å². The Balaban J connectivity index is 2.21. The Kier molecular flexibility index (Phi) is 5.33. The third-order valence-electron chi connectivity index (χ3n) is 3.77. The summed E-state index contributed by atoms with van der Waals surface area (Å²) in [5.74, 6) is 0. The summed E-state index contributed by atoms with van der Waals surface area (Å²) in [4.78, 5) is 24.8. The molecule has 0 radical (unpaired) electrons. The summed E-state index contributed by atoms with van der Waals surface area (Å²) >= 11 is 0. The largest absolute Gasteiger partial charge is 0.444 e. The van der Waals surface area contributed by atoms with Gasteiger partial charge in [-0.05, 0) is 26.8 Å². The average molecular weight is 375 g/mol. The van der Waals surface area contributed by atoms with E-state index in [1.807, 2.05) is 0 Å². The highest BCUT2D eigenvalue weighted by Crippen LogP contribution is 2.42. The predicted octanol–water partition coefficient (Wildman–Crippen LogP) is 3.67. The molecule has 0 bridgehead atoms. The predicted molar refractivity (Wildman–Crippen MR) is 88.1 cm³/mol. The molecule has 1 fully saturated rings. The number of halogens is 3. The maximum absolute atomic E-state index is 13.4. The quantitative estimate of drug-likeness (QED) is 0.582. The number of benzene rings is 1. The summed E-state index contributed by atoms with van der Waals surface area (Å²) in [6.07, 6.45) is -5.39. The van der Waals surface area contributed by atoms with Crippen LogP contribution in [-0.2, 0) is 10.9 Å². The molecule has 2 rings (SSSR count). The van der Waals surface area contributed by atoms with Crippen molar-refractivity contribution in [2.24, 2.45) is 0 Å². The molecule has 10 heteroatoms. The summed E-state index contributed by atoms with van der Waals surface area (Å²) in [7, 11) is 0. The van der Waals surface area contributed by atoms with Gasteiger partial charge in [0.25, 0.3) is 5.69 Å². The van der Waals surface area contributed by atoms with Crippen LogP contribution in [0, 0.1) is 10.1 Å². The van der Waals surface area contributed by atoms with Crippen molar-refractivity contribution in [1.82, 2.24) is 4.90 Å². The van der Waals surface area contributed by atoms with Gasteiger partial charge >= 0.3 is 12.3 Å². The normalized spacial score (nSPS) is 15.8. The summed E-state index contributed by atoms with van der Waals surface area (Å²) in [5.41, 5.74) is -3.17. The summed E-state index contributed by atoms with van der Waals surface area (Å²) < 4.78 is 45.4. The molecule has 0 spiro atoms. The molecule has 0 aromatic heterocycles. The van der Waals surface area contributed by atoms with Crippen molar-refractivity contribution in [2.75, 3.05) is 31.1 Å². The zero-order valence-corrected chi connectivity index (χ0v) is 14.7. The Bertz CT molecular complexity index is 693. The fourth-order valence-corrected chi connectivity index (χ4v) is 2.69. The van der Waals surface area contributed by atoms with Crippen molar-refractivity contribution in [3.05, 3.63) is 33.9 Å². The molecule has 144 valence electrons. The van der Waals surface area contributed by atoms with Crippen LogP contribution < -0.4 is 4.90 Å². The van der Waals surface area contributed by atoms with E-state index < -0.39 is 34.0 Å². The smallest absolute Gasteiger partial charge is 0.425 e. The first-order valence-corrected chi connectivity index (χ1v) is 7.97. The Morgan fingerprint density at radius 1 is 1.15 bits per heavy atom. The lowest BCUT2D eigenvalue weighted by molar-refractivity contribution is -0.388. The highest BCUT2D eigenvalue weighted by molar-refractivity contribution is 5.69. The third kappa shape index (κ3) is 4.55. The van der Waals surface area contributed by atoms with E-state index in [2.05, 4.69) is 0 Å². The van der Waals surface area contributed by atoms with E-state index >= 15 is 0 Å². The first-order valence-electron chi connectivity index (χ1n) is 7.97. The van der Waals surface area contributed by atoms with E-state index in [9.17, 15) is 28.1 Å². The maximum Gasteiger partial charge on any atom is 0.425 e. The number of carbonyl (C=O) groups excluding carboxylic acids is 1. The average Bonchev–Trinajstić information content (AvgIpc) is 2.51. The topological polar surface area (TPSA) is 75.9 Å². The van der Waals surface area contributed by atoms with Crippen LogP contribution in [0.15, 0.2) is 18.2 Å². The number of alkyl halides is 3. The minimum absolute atomic E-state index is 0.115. The molecule has 26 heavy (non-hydrogen) atoms. The highest BCUT2D eigenvalue weighted by atomic mass is 19.4. The fraction of sp³-hybridized carbons (Fsp3) is 0.562. The second kappa shape index (κ2) is 7.00. The molecule has 7 nitrogen and oxygen atoms in total. The van der Waals surface area contributed by atoms with Gasteiger partial charge in [0.15, 0.2) is 5.56 Å². The van der Waals surface area contributed by atoms with Gasteiger partial charge in [-0.3, -0.25) is 10.1 Å². The lowest BCUT2D eigenvalue weighted by Gasteiger charge is -2.37. The van der Waals surface area contributed by atoms with E-state index in [-0.39, 0.29) is 31.9 Å². The Morgan fingerprint density at radius 2 is 1.73 bits per heavy atom. The number of nitrogens with zero attached hydrogens (tertiary/aromatic N) is 3. The van der Waals surface area contributed by atoms with Crippen LogP contribution >= 0.6 is 0 Å². The number of carbonyl (C=O) groups is 1. The van der Waals surface area contributed by atoms with Crippen molar-refractivity contribution < 1.29 is 27.6 Å². The van der Waals surface area contributed by atoms with E-state index in [0.29, 0.717) is 0 Å². The van der Waals surface area contributed by atoms with Gasteiger partial charge in [0.2, 0.25) is 0 Å². The van der Waals surface area contributed by atoms with Crippen molar-refractivity contribution in [3.8, 4) is 0 Å². The first-order chi connectivity index (χ1) is 11.9. The minimum Gasteiger partial charge on any atom is -0.444 e. The highest BCUT2D eigenvalue weighted by Gasteiger charge is 2.42. The lowest BCUT2D eigenvalue weighted by atomic mass is 10.1. The van der Waals surface area contributed by atoms with Crippen LogP contribution in [-0.4, -0.2) is 47.7 Å². The van der Waals surface area contributed by atoms with Crippen LogP contribution in [0.1, 0.15) is 26.3 Å². The molecule has 0 saturated carbocycles. The number of nitro groups is 1. The van der Waals surface area contributed by atoms with Gasteiger partial charge in [-0.2, -0.15) is 13.2 Å². The molecule has 1 amide bonds. The number of hydrogen-bond donors (Lipinski definition) is 0. The van der Waals surface area contributed by atoms with Gasteiger partial charge < -0.3 is 14.5 Å². The molecular formula is C16H20F3N3O4. The van der Waals surface area contributed by atoms with E-state index in [1.165, 1.54) is 21.9 Å². The molecule has 0 aliphatic carbocycles.